The molecule has 1 atom stereocenters. The fourth-order valence-corrected chi connectivity index (χ4v) is 7.61. The number of hydrogen-bond donors (Lipinski definition) is 2. The van der Waals surface area contributed by atoms with E-state index in [-0.39, 0.29) is 5.41 Å². The van der Waals surface area contributed by atoms with Crippen molar-refractivity contribution in [1.82, 2.24) is 4.98 Å². The summed E-state index contributed by atoms with van der Waals surface area (Å²) in [4.78, 5) is 17.9. The molecule has 1 spiro atoms. The van der Waals surface area contributed by atoms with Gasteiger partial charge in [-0.05, 0) is 74.3 Å². The first-order valence-electron chi connectivity index (χ1n) is 10.6. The maximum Gasteiger partial charge on any atom is 0.354 e. The van der Waals surface area contributed by atoms with E-state index in [1.54, 1.807) is 0 Å². The van der Waals surface area contributed by atoms with E-state index in [2.05, 4.69) is 9.68 Å². The lowest BCUT2D eigenvalue weighted by atomic mass is 10.0. The van der Waals surface area contributed by atoms with Crippen LogP contribution in [0.1, 0.15) is 60.2 Å². The van der Waals surface area contributed by atoms with Crippen LogP contribution >= 0.6 is 11.3 Å². The summed E-state index contributed by atoms with van der Waals surface area (Å²) < 4.78 is 23.1. The highest BCUT2D eigenvalue weighted by Gasteiger charge is 2.51. The van der Waals surface area contributed by atoms with E-state index in [0.29, 0.717) is 16.6 Å². The summed E-state index contributed by atoms with van der Waals surface area (Å²) in [5.74, 6) is 0.552. The molecule has 9 heteroatoms. The Morgan fingerprint density at radius 1 is 1.20 bits per heavy atom. The zero-order valence-corrected chi connectivity index (χ0v) is 18.3. The predicted octanol–water partition coefficient (Wildman–Crippen LogP) is 3.87. The molecule has 4 aliphatic rings. The molecule has 0 aromatic carbocycles. The zero-order valence-electron chi connectivity index (χ0n) is 16.7. The van der Waals surface area contributed by atoms with Crippen LogP contribution in [0.3, 0.4) is 0 Å². The Balaban J connectivity index is 1.36. The molecular formula is C21H24N4O3S2. The van der Waals surface area contributed by atoms with Crippen LogP contribution in [0.2, 0.25) is 0 Å². The molecule has 1 aliphatic heterocycles. The van der Waals surface area contributed by atoms with Crippen LogP contribution in [-0.2, 0) is 41.0 Å². The summed E-state index contributed by atoms with van der Waals surface area (Å²) in [5.41, 5.74) is 6.63. The fourth-order valence-electron chi connectivity index (χ4n) is 5.20. The quantitative estimate of drug-likeness (QED) is 0.733. The lowest BCUT2D eigenvalue weighted by Gasteiger charge is -2.16. The molecule has 1 fully saturated rings. The van der Waals surface area contributed by atoms with E-state index >= 15 is 0 Å². The molecule has 6 rings (SSSR count). The third-order valence-corrected chi connectivity index (χ3v) is 9.83. The molecule has 30 heavy (non-hydrogen) atoms. The van der Waals surface area contributed by atoms with Crippen LogP contribution < -0.4 is 15.2 Å². The molecule has 3 N–H and O–H groups in total. The Morgan fingerprint density at radius 2 is 2.07 bits per heavy atom. The van der Waals surface area contributed by atoms with Crippen LogP contribution in [0, 0.1) is 0 Å². The minimum absolute atomic E-state index is 0.234. The molecule has 0 saturated heterocycles. The molecule has 0 bridgehead atoms. The second-order valence-corrected chi connectivity index (χ2v) is 11.7. The van der Waals surface area contributed by atoms with Gasteiger partial charge in [0, 0.05) is 16.7 Å². The van der Waals surface area contributed by atoms with Gasteiger partial charge in [-0.25, -0.2) is 14.1 Å². The largest absolute Gasteiger partial charge is 0.491 e. The van der Waals surface area contributed by atoms with E-state index in [1.165, 1.54) is 29.9 Å². The van der Waals surface area contributed by atoms with Crippen LogP contribution in [0.15, 0.2) is 14.0 Å². The fraction of sp³-hybridized carbons (Fsp3) is 0.524. The number of fused-ring (bicyclic) bond motifs is 4. The minimum atomic E-state index is -3.38. The van der Waals surface area contributed by atoms with Gasteiger partial charge in [0.25, 0.3) is 0 Å². The number of aryl methyl sites for hydroxylation is 2. The number of carbonyl (C=O) groups is 1. The number of rotatable bonds is 2. The van der Waals surface area contributed by atoms with Gasteiger partial charge in [-0.3, -0.25) is 4.98 Å². The van der Waals surface area contributed by atoms with Crippen molar-refractivity contribution >= 4 is 33.0 Å². The Kier molecular flexibility index (Phi) is 4.08. The Hall–Kier alpha value is -1.97. The number of aromatic nitrogens is 1. The van der Waals surface area contributed by atoms with Gasteiger partial charge in [0.15, 0.2) is 19.9 Å². The lowest BCUT2D eigenvalue weighted by molar-refractivity contribution is 0.260. The van der Waals surface area contributed by atoms with Crippen molar-refractivity contribution in [2.45, 2.75) is 67.4 Å². The molecule has 3 heterocycles. The topological polar surface area (TPSA) is 107 Å². The van der Waals surface area contributed by atoms with Gasteiger partial charge in [0.2, 0.25) is 0 Å². The van der Waals surface area contributed by atoms with Gasteiger partial charge in [-0.15, -0.1) is 15.7 Å². The second-order valence-electron chi connectivity index (χ2n) is 8.79. The molecule has 2 amide bonds. The first kappa shape index (κ1) is 18.8. The van der Waals surface area contributed by atoms with Crippen molar-refractivity contribution in [3.05, 3.63) is 33.5 Å². The summed E-state index contributed by atoms with van der Waals surface area (Å²) in [6, 6.07) is -0.653. The Labute approximate surface area is 179 Å². The highest BCUT2D eigenvalue weighted by Crippen LogP contribution is 2.58. The smallest absolute Gasteiger partial charge is 0.354 e. The molecule has 1 saturated carbocycles. The molecule has 2 aromatic heterocycles. The van der Waals surface area contributed by atoms with Gasteiger partial charge in [-0.2, -0.15) is 0 Å². The van der Waals surface area contributed by atoms with E-state index in [1.807, 2.05) is 5.38 Å². The van der Waals surface area contributed by atoms with Crippen molar-refractivity contribution < 1.29 is 13.7 Å². The number of nitrogens with two attached hydrogens (primary N) is 1. The molecule has 3 aliphatic carbocycles. The highest BCUT2D eigenvalue weighted by atomic mass is 32.2. The zero-order chi connectivity index (χ0) is 20.5. The minimum Gasteiger partial charge on any atom is -0.491 e. The number of nitrogens with zero attached hydrogens (tertiary/aromatic N) is 2. The van der Waals surface area contributed by atoms with E-state index < -0.39 is 15.9 Å². The average Bonchev–Trinajstić information content (AvgIpc) is 3.06. The lowest BCUT2D eigenvalue weighted by Crippen LogP contribution is -2.20. The van der Waals surface area contributed by atoms with Gasteiger partial charge in [0.1, 0.15) is 0 Å². The third kappa shape index (κ3) is 2.82. The third-order valence-electron chi connectivity index (χ3n) is 6.87. The van der Waals surface area contributed by atoms with Gasteiger partial charge >= 0.3 is 6.03 Å². The molecule has 2 aromatic rings. The number of ether oxygens (including phenoxy) is 1. The number of thiophene rings is 1. The summed E-state index contributed by atoms with van der Waals surface area (Å²) >= 11 is 1.26. The molecule has 158 valence electrons. The van der Waals surface area contributed by atoms with Crippen molar-refractivity contribution in [3.8, 4) is 5.75 Å². The van der Waals surface area contributed by atoms with Gasteiger partial charge in [0.05, 0.1) is 18.0 Å². The molecule has 0 radical (unpaired) electrons. The van der Waals surface area contributed by atoms with Gasteiger partial charge < -0.3 is 10.1 Å². The number of hydrogen-bond acceptors (Lipinski definition) is 5. The normalized spacial score (nSPS) is 21.9. The van der Waals surface area contributed by atoms with Crippen LogP contribution in [0.5, 0.6) is 5.75 Å². The number of pyridine rings is 1. The average molecular weight is 445 g/mol. The molecule has 7 nitrogen and oxygen atoms in total. The van der Waals surface area contributed by atoms with Crippen LogP contribution in [0.25, 0.3) is 0 Å². The number of carbonyl (C=O) groups excluding carboxylic acids is 1. The van der Waals surface area contributed by atoms with Crippen LogP contribution in [-0.4, -0.2) is 21.8 Å². The van der Waals surface area contributed by atoms with Crippen molar-refractivity contribution in [2.75, 3.05) is 11.9 Å². The van der Waals surface area contributed by atoms with Crippen molar-refractivity contribution in [1.29, 1.82) is 0 Å². The standard InChI is InChI=1S/C21H24N4O3S2/c22-30(27,19-17-12(11-29-19)3-2-10-28-17)25-20(26)24-16-13-4-1-5-15(13)23-18-14(16)6-7-21(18)8-9-21/h11H,1-10H2,(H3,22,23,24,25,26,27). The second kappa shape index (κ2) is 6.51. The van der Waals surface area contributed by atoms with Crippen molar-refractivity contribution in [2.24, 2.45) is 9.50 Å². The number of urea groups is 1. The number of amides is 2. The van der Waals surface area contributed by atoms with Gasteiger partial charge in [-0.1, -0.05) is 0 Å². The maximum absolute atomic E-state index is 13.2. The first-order valence-corrected chi connectivity index (χ1v) is 13.1. The van der Waals surface area contributed by atoms with E-state index in [4.69, 9.17) is 14.9 Å². The molecule has 1 unspecified atom stereocenters. The summed E-state index contributed by atoms with van der Waals surface area (Å²) in [5, 5.41) is 10.9. The van der Waals surface area contributed by atoms with E-state index in [9.17, 15) is 9.00 Å². The highest BCUT2D eigenvalue weighted by molar-refractivity contribution is 7.93. The summed E-state index contributed by atoms with van der Waals surface area (Å²) in [7, 11) is -3.38. The van der Waals surface area contributed by atoms with Crippen LogP contribution in [0.4, 0.5) is 10.5 Å². The summed E-state index contributed by atoms with van der Waals surface area (Å²) in [6.45, 7) is 0.565. The number of anilines is 1. The predicted molar refractivity (Wildman–Crippen MR) is 116 cm³/mol. The Morgan fingerprint density at radius 3 is 2.90 bits per heavy atom. The monoisotopic (exact) mass is 444 g/mol. The Bertz CT molecular complexity index is 1210. The van der Waals surface area contributed by atoms with Crippen molar-refractivity contribution in [3.63, 3.8) is 0 Å². The van der Waals surface area contributed by atoms with E-state index in [0.717, 1.165) is 73.0 Å². The SMILES string of the molecule is NS(=O)(=NC(=O)Nc1c2c(nc3c1CCC31CC1)CCC2)c1scc2c1OCCC2. The molecular weight excluding hydrogens is 420 g/mol. The maximum atomic E-state index is 13.2. The first-order chi connectivity index (χ1) is 14.5. The number of nitrogens with one attached hydrogen (secondary N) is 1. The summed E-state index contributed by atoms with van der Waals surface area (Å²) in [6.07, 6.45) is 9.09.